The molecule has 1 N–H and O–H groups in total. The van der Waals surface area contributed by atoms with E-state index in [0.717, 1.165) is 35.1 Å². The number of rotatable bonds is 5. The van der Waals surface area contributed by atoms with Crippen LogP contribution < -0.4 is 5.32 Å². The first-order valence-corrected chi connectivity index (χ1v) is 8.64. The van der Waals surface area contributed by atoms with Crippen LogP contribution in [0.5, 0.6) is 0 Å². The van der Waals surface area contributed by atoms with Crippen LogP contribution >= 0.6 is 11.3 Å². The van der Waals surface area contributed by atoms with E-state index >= 15 is 0 Å². The maximum absolute atomic E-state index is 11.9. The molecule has 0 aliphatic carbocycles. The first-order chi connectivity index (χ1) is 9.41. The SMILES string of the molecule is CN(C)S(=O)(=O)c1csc(C(=O)NC[C@@H]2CCCO2)c1. The van der Waals surface area contributed by atoms with Crippen LogP contribution in [0.15, 0.2) is 16.3 Å². The van der Waals surface area contributed by atoms with Gasteiger partial charge >= 0.3 is 0 Å². The summed E-state index contributed by atoms with van der Waals surface area (Å²) >= 11 is 1.13. The van der Waals surface area contributed by atoms with E-state index < -0.39 is 10.0 Å². The Bertz CT molecular complexity index is 574. The van der Waals surface area contributed by atoms with Gasteiger partial charge in [0.25, 0.3) is 5.91 Å². The minimum absolute atomic E-state index is 0.0730. The van der Waals surface area contributed by atoms with Crippen molar-refractivity contribution in [2.24, 2.45) is 0 Å². The van der Waals surface area contributed by atoms with Crippen molar-refractivity contribution in [2.75, 3.05) is 27.2 Å². The minimum Gasteiger partial charge on any atom is -0.376 e. The monoisotopic (exact) mass is 318 g/mol. The second kappa shape index (κ2) is 6.21. The number of nitrogens with one attached hydrogen (secondary N) is 1. The van der Waals surface area contributed by atoms with Crippen LogP contribution in [0.4, 0.5) is 0 Å². The molecule has 0 radical (unpaired) electrons. The third-order valence-electron chi connectivity index (χ3n) is 3.09. The highest BCUT2D eigenvalue weighted by Gasteiger charge is 2.22. The Labute approximate surface area is 122 Å². The molecule has 1 saturated heterocycles. The molecule has 0 bridgehead atoms. The zero-order valence-corrected chi connectivity index (χ0v) is 13.1. The quantitative estimate of drug-likeness (QED) is 0.875. The minimum atomic E-state index is -3.48. The summed E-state index contributed by atoms with van der Waals surface area (Å²) in [7, 11) is -0.556. The van der Waals surface area contributed by atoms with E-state index in [1.165, 1.54) is 25.5 Å². The third-order valence-corrected chi connectivity index (χ3v) is 5.96. The van der Waals surface area contributed by atoms with Gasteiger partial charge in [-0.05, 0) is 18.9 Å². The van der Waals surface area contributed by atoms with E-state index in [1.807, 2.05) is 0 Å². The lowest BCUT2D eigenvalue weighted by atomic mass is 10.2. The topological polar surface area (TPSA) is 75.7 Å². The molecule has 112 valence electrons. The fourth-order valence-electron chi connectivity index (χ4n) is 1.88. The Morgan fingerprint density at radius 3 is 2.90 bits per heavy atom. The van der Waals surface area contributed by atoms with Gasteiger partial charge in [-0.1, -0.05) is 0 Å². The molecule has 1 amide bonds. The highest BCUT2D eigenvalue weighted by atomic mass is 32.2. The standard InChI is InChI=1S/C12H18N2O4S2/c1-14(2)20(16,17)10-6-11(19-8-10)12(15)13-7-9-4-3-5-18-9/h6,8-9H,3-5,7H2,1-2H3,(H,13,15)/t9-/m0/s1. The average molecular weight is 318 g/mol. The molecule has 20 heavy (non-hydrogen) atoms. The molecular formula is C12H18N2O4S2. The highest BCUT2D eigenvalue weighted by molar-refractivity contribution is 7.89. The summed E-state index contributed by atoms with van der Waals surface area (Å²) in [6.07, 6.45) is 2.04. The number of ether oxygens (including phenoxy) is 1. The molecule has 1 atom stereocenters. The van der Waals surface area contributed by atoms with Crippen molar-refractivity contribution in [3.8, 4) is 0 Å². The van der Waals surface area contributed by atoms with Crippen molar-refractivity contribution in [1.29, 1.82) is 0 Å². The van der Waals surface area contributed by atoms with Crippen molar-refractivity contribution in [2.45, 2.75) is 23.8 Å². The fraction of sp³-hybridized carbons (Fsp3) is 0.583. The van der Waals surface area contributed by atoms with Gasteiger partial charge in [0.05, 0.1) is 15.9 Å². The molecule has 0 saturated carbocycles. The van der Waals surface area contributed by atoms with Gasteiger partial charge in [0.2, 0.25) is 10.0 Å². The number of sulfonamides is 1. The summed E-state index contributed by atoms with van der Waals surface area (Å²) in [5, 5.41) is 4.26. The van der Waals surface area contributed by atoms with E-state index in [4.69, 9.17) is 4.74 Å². The zero-order chi connectivity index (χ0) is 14.8. The summed E-state index contributed by atoms with van der Waals surface area (Å²) in [5.74, 6) is -0.259. The highest BCUT2D eigenvalue weighted by Crippen LogP contribution is 2.21. The van der Waals surface area contributed by atoms with E-state index in [0.29, 0.717) is 11.4 Å². The molecule has 1 aromatic rings. The third kappa shape index (κ3) is 3.38. The van der Waals surface area contributed by atoms with Crippen LogP contribution in [-0.2, 0) is 14.8 Å². The second-order valence-corrected chi connectivity index (χ2v) is 7.84. The molecule has 1 aliphatic rings. The summed E-state index contributed by atoms with van der Waals surface area (Å²) in [6, 6.07) is 1.41. The lowest BCUT2D eigenvalue weighted by molar-refractivity contribution is 0.0861. The zero-order valence-electron chi connectivity index (χ0n) is 11.5. The Kier molecular flexibility index (Phi) is 4.79. The van der Waals surface area contributed by atoms with E-state index in [1.54, 1.807) is 0 Å². The normalized spacial score (nSPS) is 19.4. The van der Waals surface area contributed by atoms with Crippen LogP contribution in [0.3, 0.4) is 0 Å². The summed E-state index contributed by atoms with van der Waals surface area (Å²) in [6.45, 7) is 1.21. The largest absolute Gasteiger partial charge is 0.376 e. The molecule has 0 unspecified atom stereocenters. The van der Waals surface area contributed by atoms with Gasteiger partial charge in [-0.3, -0.25) is 4.79 Å². The van der Waals surface area contributed by atoms with Gasteiger partial charge < -0.3 is 10.1 Å². The summed E-state index contributed by atoms with van der Waals surface area (Å²) in [5.41, 5.74) is 0. The van der Waals surface area contributed by atoms with Gasteiger partial charge in [-0.25, -0.2) is 12.7 Å². The van der Waals surface area contributed by atoms with Gasteiger partial charge in [0, 0.05) is 32.6 Å². The van der Waals surface area contributed by atoms with Crippen LogP contribution in [0, 0.1) is 0 Å². The molecule has 0 aromatic carbocycles. The van der Waals surface area contributed by atoms with Gasteiger partial charge in [-0.2, -0.15) is 0 Å². The molecule has 8 heteroatoms. The van der Waals surface area contributed by atoms with Crippen LogP contribution in [0.1, 0.15) is 22.5 Å². The molecular weight excluding hydrogens is 300 g/mol. The predicted octanol–water partition coefficient (Wildman–Crippen LogP) is 0.907. The fourth-order valence-corrected chi connectivity index (χ4v) is 3.96. The Morgan fingerprint density at radius 1 is 1.55 bits per heavy atom. The van der Waals surface area contributed by atoms with Gasteiger partial charge in [0.1, 0.15) is 0 Å². The number of carbonyl (C=O) groups is 1. The number of carbonyl (C=O) groups excluding carboxylic acids is 1. The number of nitrogens with zero attached hydrogens (tertiary/aromatic N) is 1. The van der Waals surface area contributed by atoms with Crippen molar-refractivity contribution in [3.05, 3.63) is 16.3 Å². The molecule has 2 heterocycles. The van der Waals surface area contributed by atoms with Crippen molar-refractivity contribution >= 4 is 27.3 Å². The van der Waals surface area contributed by atoms with Crippen LogP contribution in [0.25, 0.3) is 0 Å². The van der Waals surface area contributed by atoms with Crippen molar-refractivity contribution in [1.82, 2.24) is 9.62 Å². The molecule has 1 fully saturated rings. The lowest BCUT2D eigenvalue weighted by Crippen LogP contribution is -2.31. The molecule has 1 aliphatic heterocycles. The number of amides is 1. The van der Waals surface area contributed by atoms with E-state index in [9.17, 15) is 13.2 Å². The average Bonchev–Trinajstić information content (AvgIpc) is 3.07. The van der Waals surface area contributed by atoms with E-state index in [-0.39, 0.29) is 16.9 Å². The number of hydrogen-bond donors (Lipinski definition) is 1. The Balaban J connectivity index is 1.99. The maximum Gasteiger partial charge on any atom is 0.261 e. The Hall–Kier alpha value is -0.960. The maximum atomic E-state index is 11.9. The number of thiophene rings is 1. The van der Waals surface area contributed by atoms with Crippen molar-refractivity contribution < 1.29 is 17.9 Å². The van der Waals surface area contributed by atoms with Crippen molar-refractivity contribution in [3.63, 3.8) is 0 Å². The lowest BCUT2D eigenvalue weighted by Gasteiger charge is -2.10. The molecule has 0 spiro atoms. The first-order valence-electron chi connectivity index (χ1n) is 6.32. The number of hydrogen-bond acceptors (Lipinski definition) is 5. The van der Waals surface area contributed by atoms with Gasteiger partial charge in [-0.15, -0.1) is 11.3 Å². The summed E-state index contributed by atoms with van der Waals surface area (Å²) < 4.78 is 30.4. The van der Waals surface area contributed by atoms with Crippen LogP contribution in [0.2, 0.25) is 0 Å². The van der Waals surface area contributed by atoms with Gasteiger partial charge in [0.15, 0.2) is 0 Å². The molecule has 6 nitrogen and oxygen atoms in total. The van der Waals surface area contributed by atoms with E-state index in [2.05, 4.69) is 5.32 Å². The van der Waals surface area contributed by atoms with Crippen LogP contribution in [-0.4, -0.2) is 52.0 Å². The Morgan fingerprint density at radius 2 is 2.30 bits per heavy atom. The smallest absolute Gasteiger partial charge is 0.261 e. The molecule has 2 rings (SSSR count). The molecule has 1 aromatic heterocycles. The first kappa shape index (κ1) is 15.4. The predicted molar refractivity (Wildman–Crippen MR) is 76.5 cm³/mol. The summed E-state index contributed by atoms with van der Waals surface area (Å²) in [4.78, 5) is 12.5. The second-order valence-electron chi connectivity index (χ2n) is 4.78.